The summed E-state index contributed by atoms with van der Waals surface area (Å²) in [6.07, 6.45) is 13.8. The van der Waals surface area contributed by atoms with Crippen LogP contribution in [0.25, 0.3) is 0 Å². The van der Waals surface area contributed by atoms with E-state index < -0.39 is 0 Å². The minimum atomic E-state index is 0.0828. The Kier molecular flexibility index (Phi) is 5.63. The summed E-state index contributed by atoms with van der Waals surface area (Å²) in [7, 11) is 0. The van der Waals surface area contributed by atoms with Gasteiger partial charge < -0.3 is 10.2 Å². The number of urea groups is 1. The van der Waals surface area contributed by atoms with Crippen molar-refractivity contribution in [3.8, 4) is 0 Å². The number of nitrogens with one attached hydrogen (secondary N) is 1. The largest absolute Gasteiger partial charge is 0.322 e. The summed E-state index contributed by atoms with van der Waals surface area (Å²) < 4.78 is 0. The van der Waals surface area contributed by atoms with Crippen molar-refractivity contribution in [3.05, 3.63) is 53.6 Å². The zero-order valence-electron chi connectivity index (χ0n) is 16.4. The van der Waals surface area contributed by atoms with E-state index in [1.807, 2.05) is 18.2 Å². The van der Waals surface area contributed by atoms with Crippen molar-refractivity contribution in [3.63, 3.8) is 0 Å². The number of rotatable bonds is 5. The van der Waals surface area contributed by atoms with Crippen LogP contribution in [0.1, 0.15) is 44.1 Å². The molecule has 1 saturated heterocycles. The molecule has 4 heteroatoms. The Labute approximate surface area is 162 Å². The standard InChI is InChI=1S/C23H31N3O/c1-18-6-5-9-20(16-18)24-23(27)26(21-10-11-21)22-12-14-25(15-13-22)17-19-7-3-2-4-8-19/h3,5-9,16,21-22H,2,4,10-15,17H2,1H3,(H,24,27). The van der Waals surface area contributed by atoms with Crippen LogP contribution in [0.15, 0.2) is 48.1 Å². The van der Waals surface area contributed by atoms with Crippen LogP contribution in [-0.4, -0.2) is 47.5 Å². The summed E-state index contributed by atoms with van der Waals surface area (Å²) in [6, 6.07) is 8.96. The molecule has 0 bridgehead atoms. The molecule has 1 aliphatic heterocycles. The summed E-state index contributed by atoms with van der Waals surface area (Å²) in [6.45, 7) is 5.27. The van der Waals surface area contributed by atoms with Gasteiger partial charge in [-0.25, -0.2) is 4.79 Å². The van der Waals surface area contributed by atoms with Crippen LogP contribution in [-0.2, 0) is 0 Å². The number of allylic oxidation sites excluding steroid dienone is 2. The average molecular weight is 366 g/mol. The van der Waals surface area contributed by atoms with Crippen LogP contribution in [0, 0.1) is 6.92 Å². The third kappa shape index (κ3) is 4.81. The fourth-order valence-electron chi connectivity index (χ4n) is 4.29. The van der Waals surface area contributed by atoms with Gasteiger partial charge in [0.15, 0.2) is 0 Å². The fourth-order valence-corrected chi connectivity index (χ4v) is 4.29. The van der Waals surface area contributed by atoms with E-state index in [-0.39, 0.29) is 6.03 Å². The number of benzene rings is 1. The predicted molar refractivity (Wildman–Crippen MR) is 111 cm³/mol. The van der Waals surface area contributed by atoms with Gasteiger partial charge in [-0.05, 0) is 68.7 Å². The van der Waals surface area contributed by atoms with Gasteiger partial charge in [0, 0.05) is 37.4 Å². The van der Waals surface area contributed by atoms with E-state index >= 15 is 0 Å². The Hall–Kier alpha value is -2.07. The summed E-state index contributed by atoms with van der Waals surface area (Å²) in [5.74, 6) is 0. The summed E-state index contributed by atoms with van der Waals surface area (Å²) in [5.41, 5.74) is 3.53. The van der Waals surface area contributed by atoms with Crippen LogP contribution in [0.5, 0.6) is 0 Å². The molecule has 1 heterocycles. The molecule has 1 aromatic rings. The van der Waals surface area contributed by atoms with E-state index in [0.29, 0.717) is 12.1 Å². The van der Waals surface area contributed by atoms with Gasteiger partial charge in [-0.2, -0.15) is 0 Å². The van der Waals surface area contributed by atoms with Gasteiger partial charge in [-0.1, -0.05) is 30.4 Å². The van der Waals surface area contributed by atoms with Crippen LogP contribution in [0.3, 0.4) is 0 Å². The molecule has 2 amide bonds. The molecule has 2 aliphatic carbocycles. The van der Waals surface area contributed by atoms with Crippen LogP contribution < -0.4 is 5.32 Å². The molecule has 0 atom stereocenters. The molecule has 4 nitrogen and oxygen atoms in total. The third-order valence-electron chi connectivity index (χ3n) is 5.87. The van der Waals surface area contributed by atoms with Crippen molar-refractivity contribution in [1.29, 1.82) is 0 Å². The van der Waals surface area contributed by atoms with E-state index in [0.717, 1.165) is 51.0 Å². The summed E-state index contributed by atoms with van der Waals surface area (Å²) in [4.78, 5) is 17.7. The Morgan fingerprint density at radius 1 is 1.15 bits per heavy atom. The second-order valence-corrected chi connectivity index (χ2v) is 8.20. The van der Waals surface area contributed by atoms with Crippen LogP contribution in [0.4, 0.5) is 10.5 Å². The molecule has 144 valence electrons. The predicted octanol–water partition coefficient (Wildman–Crippen LogP) is 4.73. The van der Waals surface area contributed by atoms with Crippen LogP contribution in [0.2, 0.25) is 0 Å². The molecule has 1 aromatic carbocycles. The van der Waals surface area contributed by atoms with Gasteiger partial charge in [0.2, 0.25) is 0 Å². The number of amides is 2. The highest BCUT2D eigenvalue weighted by Gasteiger charge is 2.38. The molecule has 2 fully saturated rings. The lowest BCUT2D eigenvalue weighted by atomic mass is 10.0. The van der Waals surface area contributed by atoms with E-state index in [4.69, 9.17) is 0 Å². The lowest BCUT2D eigenvalue weighted by molar-refractivity contribution is 0.128. The van der Waals surface area contributed by atoms with Crippen molar-refractivity contribution < 1.29 is 4.79 Å². The SMILES string of the molecule is Cc1cccc(NC(=O)N(C2CC2)C2CCN(CC3=CCCC=C3)CC2)c1. The minimum Gasteiger partial charge on any atom is -0.318 e. The van der Waals surface area contributed by atoms with Gasteiger partial charge >= 0.3 is 6.03 Å². The highest BCUT2D eigenvalue weighted by molar-refractivity contribution is 5.90. The van der Waals surface area contributed by atoms with Gasteiger partial charge in [-0.15, -0.1) is 0 Å². The fraction of sp³-hybridized carbons (Fsp3) is 0.522. The number of aryl methyl sites for hydroxylation is 1. The minimum absolute atomic E-state index is 0.0828. The molecule has 0 radical (unpaired) electrons. The lowest BCUT2D eigenvalue weighted by Gasteiger charge is -2.39. The average Bonchev–Trinajstić information content (AvgIpc) is 3.49. The molecule has 0 unspecified atom stereocenters. The van der Waals surface area contributed by atoms with E-state index in [1.165, 1.54) is 24.0 Å². The zero-order valence-corrected chi connectivity index (χ0v) is 16.4. The van der Waals surface area contributed by atoms with Crippen molar-refractivity contribution >= 4 is 11.7 Å². The van der Waals surface area contributed by atoms with Gasteiger partial charge in [0.25, 0.3) is 0 Å². The summed E-state index contributed by atoms with van der Waals surface area (Å²) >= 11 is 0. The van der Waals surface area contributed by atoms with E-state index in [2.05, 4.69) is 46.3 Å². The number of anilines is 1. The maximum atomic E-state index is 13.0. The number of nitrogens with zero attached hydrogens (tertiary/aromatic N) is 2. The number of carbonyl (C=O) groups excluding carboxylic acids is 1. The second kappa shape index (κ2) is 8.30. The molecule has 27 heavy (non-hydrogen) atoms. The first-order chi connectivity index (χ1) is 13.2. The first-order valence-electron chi connectivity index (χ1n) is 10.4. The van der Waals surface area contributed by atoms with Crippen molar-refractivity contribution in [2.45, 2.75) is 57.5 Å². The monoisotopic (exact) mass is 365 g/mol. The molecule has 0 aromatic heterocycles. The van der Waals surface area contributed by atoms with Gasteiger partial charge in [-0.3, -0.25) is 4.90 Å². The Morgan fingerprint density at radius 2 is 1.93 bits per heavy atom. The van der Waals surface area contributed by atoms with Crippen LogP contribution >= 0.6 is 0 Å². The number of hydrogen-bond donors (Lipinski definition) is 1. The molecule has 4 rings (SSSR count). The first kappa shape index (κ1) is 18.3. The molecular weight excluding hydrogens is 334 g/mol. The molecular formula is C23H31N3O. The van der Waals surface area contributed by atoms with Crippen molar-refractivity contribution in [2.75, 3.05) is 25.0 Å². The lowest BCUT2D eigenvalue weighted by Crippen LogP contribution is -2.50. The Morgan fingerprint density at radius 3 is 2.59 bits per heavy atom. The van der Waals surface area contributed by atoms with Crippen molar-refractivity contribution in [2.24, 2.45) is 0 Å². The molecule has 1 N–H and O–H groups in total. The van der Waals surface area contributed by atoms with Gasteiger partial charge in [0.1, 0.15) is 0 Å². The van der Waals surface area contributed by atoms with E-state index in [9.17, 15) is 4.79 Å². The summed E-state index contributed by atoms with van der Waals surface area (Å²) in [5, 5.41) is 3.13. The Balaban J connectivity index is 1.34. The quantitative estimate of drug-likeness (QED) is 0.818. The van der Waals surface area contributed by atoms with E-state index in [1.54, 1.807) is 0 Å². The highest BCUT2D eigenvalue weighted by atomic mass is 16.2. The Bertz CT molecular complexity index is 727. The second-order valence-electron chi connectivity index (χ2n) is 8.20. The normalized spacial score (nSPS) is 21.0. The molecule has 3 aliphatic rings. The zero-order chi connectivity index (χ0) is 18.6. The number of carbonyl (C=O) groups is 1. The molecule has 1 saturated carbocycles. The van der Waals surface area contributed by atoms with Crippen molar-refractivity contribution in [1.82, 2.24) is 9.80 Å². The number of likely N-dealkylation sites (tertiary alicyclic amines) is 1. The van der Waals surface area contributed by atoms with Gasteiger partial charge in [0.05, 0.1) is 0 Å². The first-order valence-corrected chi connectivity index (χ1v) is 10.4. The molecule has 0 spiro atoms. The third-order valence-corrected chi connectivity index (χ3v) is 5.87. The number of piperidine rings is 1. The maximum Gasteiger partial charge on any atom is 0.322 e. The maximum absolute atomic E-state index is 13.0. The highest BCUT2D eigenvalue weighted by Crippen LogP contribution is 2.32. The topological polar surface area (TPSA) is 35.6 Å². The smallest absolute Gasteiger partial charge is 0.318 e. The number of hydrogen-bond acceptors (Lipinski definition) is 2.